The molecule has 1 aromatic rings. The first-order valence-corrected chi connectivity index (χ1v) is 9.76. The fraction of sp³-hybridized carbons (Fsp3) is 0.650. The Hall–Kier alpha value is -1.75. The van der Waals surface area contributed by atoms with Gasteiger partial charge in [0.1, 0.15) is 0 Å². The number of para-hydroxylation sites is 1. The highest BCUT2D eigenvalue weighted by Gasteiger charge is 2.32. The molecule has 0 spiro atoms. The zero-order chi connectivity index (χ0) is 17.1. The minimum atomic E-state index is 0.116. The number of hydrogen-bond acceptors (Lipinski definition) is 3. The number of piperidine rings is 1. The molecule has 4 rings (SSSR count). The predicted molar refractivity (Wildman–Crippen MR) is 98.9 cm³/mol. The van der Waals surface area contributed by atoms with E-state index >= 15 is 0 Å². The predicted octanol–water partition coefficient (Wildman–Crippen LogP) is 2.87. The van der Waals surface area contributed by atoms with Crippen molar-refractivity contribution < 1.29 is 9.53 Å². The lowest BCUT2D eigenvalue weighted by atomic mass is 9.90. The van der Waals surface area contributed by atoms with E-state index in [1.807, 2.05) is 11.0 Å². The molecule has 0 aromatic heterocycles. The van der Waals surface area contributed by atoms with Gasteiger partial charge in [0, 0.05) is 44.5 Å². The van der Waals surface area contributed by atoms with Crippen molar-refractivity contribution in [3.05, 3.63) is 30.3 Å². The van der Waals surface area contributed by atoms with Crippen molar-refractivity contribution in [1.82, 2.24) is 10.2 Å². The number of ether oxygens (including phenoxy) is 1. The van der Waals surface area contributed by atoms with Gasteiger partial charge < -0.3 is 19.9 Å². The molecule has 3 heterocycles. The van der Waals surface area contributed by atoms with Crippen LogP contribution >= 0.6 is 0 Å². The number of urea groups is 1. The Labute approximate surface area is 150 Å². The minimum absolute atomic E-state index is 0.116. The number of benzene rings is 1. The molecule has 5 heteroatoms. The fourth-order valence-corrected chi connectivity index (χ4v) is 4.47. The third-order valence-corrected chi connectivity index (χ3v) is 5.95. The third-order valence-electron chi connectivity index (χ3n) is 5.95. The summed E-state index contributed by atoms with van der Waals surface area (Å²) in [6, 6.07) is 10.8. The monoisotopic (exact) mass is 343 g/mol. The highest BCUT2D eigenvalue weighted by molar-refractivity contribution is 5.74. The third kappa shape index (κ3) is 3.92. The summed E-state index contributed by atoms with van der Waals surface area (Å²) in [5.74, 6) is 0.645. The van der Waals surface area contributed by atoms with Crippen LogP contribution in [0.4, 0.5) is 10.5 Å². The van der Waals surface area contributed by atoms with Gasteiger partial charge in [-0.1, -0.05) is 18.2 Å². The van der Waals surface area contributed by atoms with Crippen molar-refractivity contribution >= 4 is 11.7 Å². The minimum Gasteiger partial charge on any atom is -0.378 e. The molecule has 0 bridgehead atoms. The summed E-state index contributed by atoms with van der Waals surface area (Å²) >= 11 is 0. The van der Waals surface area contributed by atoms with Gasteiger partial charge in [-0.2, -0.15) is 0 Å². The number of carbonyl (C=O) groups excluding carboxylic acids is 1. The topological polar surface area (TPSA) is 44.8 Å². The molecule has 3 saturated heterocycles. The van der Waals surface area contributed by atoms with Gasteiger partial charge in [-0.05, 0) is 50.2 Å². The van der Waals surface area contributed by atoms with E-state index in [0.717, 1.165) is 52.0 Å². The number of anilines is 1. The van der Waals surface area contributed by atoms with Crippen LogP contribution in [0.15, 0.2) is 30.3 Å². The zero-order valence-electron chi connectivity index (χ0n) is 14.9. The molecular weight excluding hydrogens is 314 g/mol. The average Bonchev–Trinajstić information content (AvgIpc) is 3.35. The quantitative estimate of drug-likeness (QED) is 0.918. The Balaban J connectivity index is 1.23. The van der Waals surface area contributed by atoms with E-state index in [0.29, 0.717) is 12.0 Å². The first-order chi connectivity index (χ1) is 12.3. The summed E-state index contributed by atoms with van der Waals surface area (Å²) in [6.07, 6.45) is 6.03. The van der Waals surface area contributed by atoms with Crippen LogP contribution in [0.1, 0.15) is 32.1 Å². The fourth-order valence-electron chi connectivity index (χ4n) is 4.47. The number of hydrogen-bond donors (Lipinski definition) is 1. The number of likely N-dealkylation sites (tertiary alicyclic amines) is 1. The Morgan fingerprint density at radius 2 is 1.84 bits per heavy atom. The van der Waals surface area contributed by atoms with Crippen molar-refractivity contribution in [1.29, 1.82) is 0 Å². The molecule has 3 aliphatic heterocycles. The Bertz CT molecular complexity index is 566. The van der Waals surface area contributed by atoms with E-state index < -0.39 is 0 Å². The molecule has 3 aliphatic rings. The van der Waals surface area contributed by atoms with E-state index in [2.05, 4.69) is 34.5 Å². The molecule has 2 atom stereocenters. The molecule has 0 aliphatic carbocycles. The molecule has 25 heavy (non-hydrogen) atoms. The van der Waals surface area contributed by atoms with Crippen LogP contribution in [0, 0.1) is 5.92 Å². The second-order valence-electron chi connectivity index (χ2n) is 7.59. The van der Waals surface area contributed by atoms with Gasteiger partial charge in [-0.3, -0.25) is 0 Å². The first kappa shape index (κ1) is 16.7. The summed E-state index contributed by atoms with van der Waals surface area (Å²) in [7, 11) is 0. The molecule has 3 fully saturated rings. The lowest BCUT2D eigenvalue weighted by Gasteiger charge is -2.35. The number of amides is 2. The normalized spacial score (nSPS) is 27.7. The van der Waals surface area contributed by atoms with Crippen LogP contribution < -0.4 is 10.2 Å². The molecule has 136 valence electrons. The van der Waals surface area contributed by atoms with Crippen molar-refractivity contribution in [2.45, 2.75) is 44.2 Å². The Kier molecular flexibility index (Phi) is 5.11. The maximum atomic E-state index is 12.6. The van der Waals surface area contributed by atoms with Crippen LogP contribution in [0.2, 0.25) is 0 Å². The molecule has 0 unspecified atom stereocenters. The zero-order valence-corrected chi connectivity index (χ0v) is 14.9. The maximum Gasteiger partial charge on any atom is 0.317 e. The van der Waals surface area contributed by atoms with Gasteiger partial charge in [-0.25, -0.2) is 4.79 Å². The van der Waals surface area contributed by atoms with E-state index in [1.54, 1.807) is 0 Å². The van der Waals surface area contributed by atoms with Crippen LogP contribution in [-0.4, -0.2) is 55.9 Å². The molecule has 1 N–H and O–H groups in total. The number of carbonyl (C=O) groups is 1. The van der Waals surface area contributed by atoms with Gasteiger partial charge in [0.05, 0.1) is 6.10 Å². The smallest absolute Gasteiger partial charge is 0.317 e. The van der Waals surface area contributed by atoms with Crippen LogP contribution in [0.5, 0.6) is 0 Å². The van der Waals surface area contributed by atoms with E-state index in [9.17, 15) is 4.79 Å². The number of nitrogens with one attached hydrogen (secondary N) is 1. The average molecular weight is 343 g/mol. The van der Waals surface area contributed by atoms with Gasteiger partial charge in [0.2, 0.25) is 0 Å². The number of rotatable bonds is 3. The highest BCUT2D eigenvalue weighted by Crippen LogP contribution is 2.29. The van der Waals surface area contributed by atoms with Crippen LogP contribution in [-0.2, 0) is 4.74 Å². The second-order valence-corrected chi connectivity index (χ2v) is 7.59. The van der Waals surface area contributed by atoms with E-state index in [4.69, 9.17) is 4.74 Å². The molecular formula is C20H29N3O2. The Morgan fingerprint density at radius 1 is 1.04 bits per heavy atom. The summed E-state index contributed by atoms with van der Waals surface area (Å²) in [6.45, 7) is 4.57. The second kappa shape index (κ2) is 7.65. The van der Waals surface area contributed by atoms with Crippen molar-refractivity contribution in [3.63, 3.8) is 0 Å². The standard InChI is InChI=1S/C20H29N3O2/c24-20(22-11-8-16(9-12-22)19-7-4-14-25-19)21-17-10-13-23(15-17)18-5-2-1-3-6-18/h1-3,5-6,16-17,19H,4,7-15H2,(H,21,24)/t17-,19+/m0/s1. The van der Waals surface area contributed by atoms with Crippen molar-refractivity contribution in [3.8, 4) is 0 Å². The van der Waals surface area contributed by atoms with Gasteiger partial charge in [-0.15, -0.1) is 0 Å². The van der Waals surface area contributed by atoms with Gasteiger partial charge in [0.25, 0.3) is 0 Å². The van der Waals surface area contributed by atoms with E-state index in [1.165, 1.54) is 18.5 Å². The summed E-state index contributed by atoms with van der Waals surface area (Å²) in [5, 5.41) is 3.25. The van der Waals surface area contributed by atoms with Gasteiger partial charge in [0.15, 0.2) is 0 Å². The molecule has 5 nitrogen and oxygen atoms in total. The van der Waals surface area contributed by atoms with Crippen molar-refractivity contribution in [2.24, 2.45) is 5.92 Å². The molecule has 2 amide bonds. The lowest BCUT2D eigenvalue weighted by Crippen LogP contribution is -2.49. The summed E-state index contributed by atoms with van der Waals surface area (Å²) in [5.41, 5.74) is 1.25. The largest absolute Gasteiger partial charge is 0.378 e. The van der Waals surface area contributed by atoms with Crippen LogP contribution in [0.3, 0.4) is 0 Å². The lowest BCUT2D eigenvalue weighted by molar-refractivity contribution is 0.0371. The molecule has 1 aromatic carbocycles. The SMILES string of the molecule is O=C(N[C@H]1CCN(c2ccccc2)C1)N1CCC([C@H]2CCCO2)CC1. The summed E-state index contributed by atoms with van der Waals surface area (Å²) in [4.78, 5) is 16.9. The highest BCUT2D eigenvalue weighted by atomic mass is 16.5. The van der Waals surface area contributed by atoms with Crippen LogP contribution in [0.25, 0.3) is 0 Å². The van der Waals surface area contributed by atoms with Crippen molar-refractivity contribution in [2.75, 3.05) is 37.7 Å². The van der Waals surface area contributed by atoms with E-state index in [-0.39, 0.29) is 12.1 Å². The maximum absolute atomic E-state index is 12.6. The first-order valence-electron chi connectivity index (χ1n) is 9.76. The molecule has 0 radical (unpaired) electrons. The Morgan fingerprint density at radius 3 is 2.56 bits per heavy atom. The number of nitrogens with zero attached hydrogens (tertiary/aromatic N) is 2. The molecule has 0 saturated carbocycles. The summed E-state index contributed by atoms with van der Waals surface area (Å²) < 4.78 is 5.83. The van der Waals surface area contributed by atoms with Gasteiger partial charge >= 0.3 is 6.03 Å².